The molecule has 22 heavy (non-hydrogen) atoms. The van der Waals surface area contributed by atoms with Crippen LogP contribution in [-0.4, -0.2) is 19.9 Å². The summed E-state index contributed by atoms with van der Waals surface area (Å²) in [6, 6.07) is 10.6. The van der Waals surface area contributed by atoms with Gasteiger partial charge in [0, 0.05) is 12.7 Å². The summed E-state index contributed by atoms with van der Waals surface area (Å²) in [5, 5.41) is 0. The maximum atomic E-state index is 12.8. The fourth-order valence-corrected chi connectivity index (χ4v) is 3.85. The number of aromatic nitrogens is 1. The van der Waals surface area contributed by atoms with Crippen LogP contribution in [0.3, 0.4) is 0 Å². The minimum absolute atomic E-state index is 0.311. The standard InChI is InChI=1S/C17H22N2O2S/c1-4-19(16-6-5-11-18-13-16)22(20,21)17-9-7-15(8-10-17)12-14(2)3/h5-11,13-14H,4,12H2,1-3H3. The first-order valence-electron chi connectivity index (χ1n) is 7.47. The molecular weight excluding hydrogens is 296 g/mol. The van der Waals surface area contributed by atoms with Gasteiger partial charge in [-0.05, 0) is 49.1 Å². The van der Waals surface area contributed by atoms with Gasteiger partial charge in [-0.15, -0.1) is 0 Å². The second kappa shape index (κ2) is 6.92. The molecule has 118 valence electrons. The van der Waals surface area contributed by atoms with E-state index >= 15 is 0 Å². The molecule has 0 amide bonds. The topological polar surface area (TPSA) is 50.3 Å². The summed E-state index contributed by atoms with van der Waals surface area (Å²) in [6.45, 7) is 6.47. The maximum absolute atomic E-state index is 12.8. The van der Waals surface area contributed by atoms with E-state index in [2.05, 4.69) is 18.8 Å². The van der Waals surface area contributed by atoms with Crippen LogP contribution in [0.15, 0.2) is 53.7 Å². The van der Waals surface area contributed by atoms with Crippen LogP contribution in [0.5, 0.6) is 0 Å². The molecule has 0 spiro atoms. The van der Waals surface area contributed by atoms with Crippen molar-refractivity contribution in [1.29, 1.82) is 0 Å². The highest BCUT2D eigenvalue weighted by Gasteiger charge is 2.23. The van der Waals surface area contributed by atoms with Gasteiger partial charge in [0.2, 0.25) is 0 Å². The van der Waals surface area contributed by atoms with E-state index in [1.165, 1.54) is 4.31 Å². The van der Waals surface area contributed by atoms with Crippen molar-refractivity contribution in [3.05, 3.63) is 54.4 Å². The molecule has 0 aliphatic rings. The predicted molar refractivity (Wildman–Crippen MR) is 89.4 cm³/mol. The van der Waals surface area contributed by atoms with Crippen LogP contribution in [0.4, 0.5) is 5.69 Å². The van der Waals surface area contributed by atoms with Gasteiger partial charge in [-0.1, -0.05) is 26.0 Å². The SMILES string of the molecule is CCN(c1cccnc1)S(=O)(=O)c1ccc(CC(C)C)cc1. The number of hydrogen-bond donors (Lipinski definition) is 0. The molecule has 1 heterocycles. The summed E-state index contributed by atoms with van der Waals surface area (Å²) in [4.78, 5) is 4.31. The van der Waals surface area contributed by atoms with E-state index in [0.29, 0.717) is 23.0 Å². The third kappa shape index (κ3) is 3.65. The summed E-state index contributed by atoms with van der Waals surface area (Å²) in [6.07, 6.45) is 4.14. The third-order valence-electron chi connectivity index (χ3n) is 3.38. The predicted octanol–water partition coefficient (Wildman–Crippen LogP) is 3.50. The zero-order chi connectivity index (χ0) is 16.2. The van der Waals surface area contributed by atoms with Crippen LogP contribution < -0.4 is 4.31 Å². The third-order valence-corrected chi connectivity index (χ3v) is 5.29. The van der Waals surface area contributed by atoms with Gasteiger partial charge in [-0.3, -0.25) is 9.29 Å². The molecule has 0 unspecified atom stereocenters. The Kier molecular flexibility index (Phi) is 5.19. The number of hydrogen-bond acceptors (Lipinski definition) is 3. The Morgan fingerprint density at radius 2 is 1.82 bits per heavy atom. The number of anilines is 1. The highest BCUT2D eigenvalue weighted by Crippen LogP contribution is 2.23. The summed E-state index contributed by atoms with van der Waals surface area (Å²) in [5.74, 6) is 0.546. The van der Waals surface area contributed by atoms with Gasteiger partial charge in [-0.25, -0.2) is 8.42 Å². The zero-order valence-electron chi connectivity index (χ0n) is 13.2. The first-order valence-corrected chi connectivity index (χ1v) is 8.91. The second-order valence-electron chi connectivity index (χ2n) is 5.62. The Labute approximate surface area is 132 Å². The average Bonchev–Trinajstić information content (AvgIpc) is 2.49. The lowest BCUT2D eigenvalue weighted by atomic mass is 10.0. The molecule has 0 fully saturated rings. The molecule has 0 atom stereocenters. The van der Waals surface area contributed by atoms with Crippen molar-refractivity contribution in [2.45, 2.75) is 32.1 Å². The van der Waals surface area contributed by atoms with E-state index in [4.69, 9.17) is 0 Å². The highest BCUT2D eigenvalue weighted by atomic mass is 32.2. The number of sulfonamides is 1. The molecule has 0 N–H and O–H groups in total. The maximum Gasteiger partial charge on any atom is 0.264 e. The minimum atomic E-state index is -3.56. The first-order chi connectivity index (χ1) is 10.4. The molecule has 2 rings (SSSR count). The van der Waals surface area contributed by atoms with Crippen molar-refractivity contribution in [2.75, 3.05) is 10.8 Å². The van der Waals surface area contributed by atoms with Crippen molar-refractivity contribution in [2.24, 2.45) is 5.92 Å². The van der Waals surface area contributed by atoms with Gasteiger partial charge in [0.05, 0.1) is 16.8 Å². The Hall–Kier alpha value is -1.88. The largest absolute Gasteiger partial charge is 0.265 e. The van der Waals surface area contributed by atoms with Crippen molar-refractivity contribution < 1.29 is 8.42 Å². The van der Waals surface area contributed by atoms with Crippen LogP contribution >= 0.6 is 0 Å². The molecule has 2 aromatic rings. The summed E-state index contributed by atoms with van der Waals surface area (Å²) in [5.41, 5.74) is 1.73. The smallest absolute Gasteiger partial charge is 0.264 e. The Morgan fingerprint density at radius 3 is 2.32 bits per heavy atom. The molecule has 0 aliphatic carbocycles. The van der Waals surface area contributed by atoms with E-state index in [9.17, 15) is 8.42 Å². The molecule has 1 aromatic carbocycles. The molecular formula is C17H22N2O2S. The first kappa shape index (κ1) is 16.5. The molecule has 0 aliphatic heterocycles. The monoisotopic (exact) mass is 318 g/mol. The summed E-state index contributed by atoms with van der Waals surface area (Å²) in [7, 11) is -3.56. The average molecular weight is 318 g/mol. The molecule has 5 heteroatoms. The van der Waals surface area contributed by atoms with Crippen molar-refractivity contribution in [3.8, 4) is 0 Å². The normalized spacial score (nSPS) is 11.6. The van der Waals surface area contributed by atoms with Gasteiger partial charge >= 0.3 is 0 Å². The number of pyridine rings is 1. The molecule has 0 radical (unpaired) electrons. The van der Waals surface area contributed by atoms with E-state index < -0.39 is 10.0 Å². The molecule has 0 bridgehead atoms. The van der Waals surface area contributed by atoms with Crippen LogP contribution in [0.1, 0.15) is 26.3 Å². The lowest BCUT2D eigenvalue weighted by Gasteiger charge is -2.22. The van der Waals surface area contributed by atoms with Gasteiger partial charge in [0.25, 0.3) is 10.0 Å². The summed E-state index contributed by atoms with van der Waals surface area (Å²) >= 11 is 0. The van der Waals surface area contributed by atoms with Crippen LogP contribution in [0.25, 0.3) is 0 Å². The number of nitrogens with zero attached hydrogens (tertiary/aromatic N) is 2. The zero-order valence-corrected chi connectivity index (χ0v) is 14.0. The van der Waals surface area contributed by atoms with E-state index in [0.717, 1.165) is 12.0 Å². The van der Waals surface area contributed by atoms with Gasteiger partial charge in [0.15, 0.2) is 0 Å². The van der Waals surface area contributed by atoms with E-state index in [1.807, 2.05) is 19.1 Å². The summed E-state index contributed by atoms with van der Waals surface area (Å²) < 4.78 is 27.0. The Balaban J connectivity index is 2.32. The fourth-order valence-electron chi connectivity index (χ4n) is 2.39. The van der Waals surface area contributed by atoms with Crippen molar-refractivity contribution in [1.82, 2.24) is 4.98 Å². The van der Waals surface area contributed by atoms with Crippen LogP contribution in [0.2, 0.25) is 0 Å². The number of benzene rings is 1. The minimum Gasteiger partial charge on any atom is -0.265 e. The Bertz CT molecular complexity index is 695. The lowest BCUT2D eigenvalue weighted by Crippen LogP contribution is -2.30. The second-order valence-corrected chi connectivity index (χ2v) is 7.49. The fraction of sp³-hybridized carbons (Fsp3) is 0.353. The lowest BCUT2D eigenvalue weighted by molar-refractivity contribution is 0.591. The molecule has 1 aromatic heterocycles. The van der Waals surface area contributed by atoms with Gasteiger partial charge in [0.1, 0.15) is 0 Å². The Morgan fingerprint density at radius 1 is 1.14 bits per heavy atom. The van der Waals surface area contributed by atoms with Crippen molar-refractivity contribution >= 4 is 15.7 Å². The molecule has 4 nitrogen and oxygen atoms in total. The van der Waals surface area contributed by atoms with Crippen molar-refractivity contribution in [3.63, 3.8) is 0 Å². The number of rotatable bonds is 6. The van der Waals surface area contributed by atoms with E-state index in [-0.39, 0.29) is 0 Å². The molecule has 0 saturated carbocycles. The van der Waals surface area contributed by atoms with Gasteiger partial charge in [-0.2, -0.15) is 0 Å². The quantitative estimate of drug-likeness (QED) is 0.819. The van der Waals surface area contributed by atoms with E-state index in [1.54, 1.807) is 36.7 Å². The highest BCUT2D eigenvalue weighted by molar-refractivity contribution is 7.92. The molecule has 0 saturated heterocycles. The van der Waals surface area contributed by atoms with Crippen LogP contribution in [0, 0.1) is 5.92 Å². The van der Waals surface area contributed by atoms with Crippen LogP contribution in [-0.2, 0) is 16.4 Å². The van der Waals surface area contributed by atoms with Gasteiger partial charge < -0.3 is 0 Å².